The number of ketones is 2. The maximum Gasteiger partial charge on any atom is 0.380 e. The second kappa shape index (κ2) is 3.88. The van der Waals surface area contributed by atoms with Crippen LogP contribution < -0.4 is 0 Å². The molecule has 0 unspecified atom stereocenters. The molecule has 0 saturated heterocycles. The van der Waals surface area contributed by atoms with Crippen molar-refractivity contribution in [1.29, 1.82) is 0 Å². The number of carbonyl (C=O) groups excluding carboxylic acids is 2. The predicted octanol–water partition coefficient (Wildman–Crippen LogP) is 2.25. The van der Waals surface area contributed by atoms with Crippen molar-refractivity contribution >= 4 is 23.2 Å². The predicted molar refractivity (Wildman–Crippen MR) is 43.5 cm³/mol. The van der Waals surface area contributed by atoms with Crippen LogP contribution in [0.25, 0.3) is 0 Å². The molecule has 0 N–H and O–H groups in total. The number of carbonyl (C=O) groups is 2. The first-order chi connectivity index (χ1) is 6.41. The second-order valence-electron chi connectivity index (χ2n) is 2.50. The highest BCUT2D eigenvalue weighted by molar-refractivity contribution is 6.34. The van der Waals surface area contributed by atoms with Crippen molar-refractivity contribution < 1.29 is 22.8 Å². The lowest BCUT2D eigenvalue weighted by Gasteiger charge is -2.03. The Kier molecular flexibility index (Phi) is 3.00. The van der Waals surface area contributed by atoms with Gasteiger partial charge in [-0.2, -0.15) is 8.78 Å². The third kappa shape index (κ3) is 2.63. The van der Waals surface area contributed by atoms with Crippen LogP contribution in [-0.4, -0.2) is 16.9 Å². The highest BCUT2D eigenvalue weighted by atomic mass is 35.5. The molecule has 0 amide bonds. The summed E-state index contributed by atoms with van der Waals surface area (Å²) in [7, 11) is 0. The molecule has 0 aliphatic rings. The van der Waals surface area contributed by atoms with Gasteiger partial charge < -0.3 is 4.42 Å². The van der Waals surface area contributed by atoms with Crippen LogP contribution in [0.3, 0.4) is 0 Å². The number of rotatable bonds is 4. The summed E-state index contributed by atoms with van der Waals surface area (Å²) in [5.74, 6) is -2.60. The standard InChI is InChI=1S/C8H5ClF2O3/c9-8(10,11)7(13)4-5(12)6-2-1-3-14-6/h1-3H,4H2. The molecule has 0 spiro atoms. The molecule has 0 aromatic carbocycles. The number of Topliss-reactive ketones (excluding diaryl/α,β-unsaturated/α-hetero) is 2. The Morgan fingerprint density at radius 2 is 2.14 bits per heavy atom. The van der Waals surface area contributed by atoms with Crippen LogP contribution in [0.4, 0.5) is 8.78 Å². The van der Waals surface area contributed by atoms with Gasteiger partial charge in [0.15, 0.2) is 5.76 Å². The summed E-state index contributed by atoms with van der Waals surface area (Å²) in [6.07, 6.45) is 0.237. The Morgan fingerprint density at radius 3 is 2.57 bits per heavy atom. The zero-order valence-electron chi connectivity index (χ0n) is 6.80. The Bertz CT molecular complexity index is 340. The van der Waals surface area contributed by atoms with Crippen LogP contribution in [0.15, 0.2) is 22.8 Å². The van der Waals surface area contributed by atoms with Crippen LogP contribution in [0.5, 0.6) is 0 Å². The van der Waals surface area contributed by atoms with Gasteiger partial charge in [-0.05, 0) is 23.7 Å². The van der Waals surface area contributed by atoms with Crippen LogP contribution in [0.2, 0.25) is 0 Å². The van der Waals surface area contributed by atoms with E-state index in [0.29, 0.717) is 0 Å². The van der Waals surface area contributed by atoms with Crippen molar-refractivity contribution in [2.75, 3.05) is 0 Å². The monoisotopic (exact) mass is 222 g/mol. The summed E-state index contributed by atoms with van der Waals surface area (Å²) >= 11 is 4.42. The first kappa shape index (κ1) is 10.8. The average molecular weight is 223 g/mol. The fraction of sp³-hybridized carbons (Fsp3) is 0.250. The van der Waals surface area contributed by atoms with Gasteiger partial charge in [0.1, 0.15) is 0 Å². The van der Waals surface area contributed by atoms with E-state index in [-0.39, 0.29) is 5.76 Å². The average Bonchev–Trinajstić information content (AvgIpc) is 2.53. The quantitative estimate of drug-likeness (QED) is 0.446. The van der Waals surface area contributed by atoms with Gasteiger partial charge in [0, 0.05) is 0 Å². The van der Waals surface area contributed by atoms with E-state index < -0.39 is 23.4 Å². The summed E-state index contributed by atoms with van der Waals surface area (Å²) in [6.45, 7) is 0. The molecule has 76 valence electrons. The van der Waals surface area contributed by atoms with Gasteiger partial charge in [-0.25, -0.2) is 0 Å². The van der Waals surface area contributed by atoms with Crippen LogP contribution in [-0.2, 0) is 4.79 Å². The van der Waals surface area contributed by atoms with Crippen molar-refractivity contribution in [1.82, 2.24) is 0 Å². The fourth-order valence-electron chi connectivity index (χ4n) is 0.770. The lowest BCUT2D eigenvalue weighted by atomic mass is 10.1. The molecule has 0 radical (unpaired) electrons. The second-order valence-corrected chi connectivity index (χ2v) is 2.97. The Balaban J connectivity index is 2.63. The summed E-state index contributed by atoms with van der Waals surface area (Å²) in [5.41, 5.74) is 0. The highest BCUT2D eigenvalue weighted by Crippen LogP contribution is 2.22. The first-order valence-electron chi connectivity index (χ1n) is 3.58. The van der Waals surface area contributed by atoms with Crippen molar-refractivity contribution in [3.63, 3.8) is 0 Å². The Hall–Kier alpha value is -1.23. The highest BCUT2D eigenvalue weighted by Gasteiger charge is 2.37. The fourth-order valence-corrected chi connectivity index (χ4v) is 0.837. The smallest absolute Gasteiger partial charge is 0.380 e. The van der Waals surface area contributed by atoms with E-state index in [2.05, 4.69) is 16.0 Å². The van der Waals surface area contributed by atoms with E-state index in [1.807, 2.05) is 0 Å². The molecule has 6 heteroatoms. The Morgan fingerprint density at radius 1 is 1.50 bits per heavy atom. The minimum atomic E-state index is -4.00. The van der Waals surface area contributed by atoms with E-state index in [4.69, 9.17) is 0 Å². The van der Waals surface area contributed by atoms with Crippen molar-refractivity contribution in [3.05, 3.63) is 24.2 Å². The van der Waals surface area contributed by atoms with Crippen LogP contribution in [0.1, 0.15) is 17.0 Å². The molecule has 1 rings (SSSR count). The molecule has 1 aromatic rings. The van der Waals surface area contributed by atoms with Crippen molar-refractivity contribution in [3.8, 4) is 0 Å². The molecular weight excluding hydrogens is 218 g/mol. The zero-order chi connectivity index (χ0) is 10.8. The number of alkyl halides is 3. The van der Waals surface area contributed by atoms with Gasteiger partial charge in [-0.1, -0.05) is 0 Å². The van der Waals surface area contributed by atoms with E-state index in [9.17, 15) is 18.4 Å². The Labute approximate surface area is 82.6 Å². The topological polar surface area (TPSA) is 47.3 Å². The van der Waals surface area contributed by atoms with Gasteiger partial charge in [-0.15, -0.1) is 0 Å². The number of furan rings is 1. The summed E-state index contributed by atoms with van der Waals surface area (Å²) < 4.78 is 28.9. The van der Waals surface area contributed by atoms with Gasteiger partial charge >= 0.3 is 5.38 Å². The lowest BCUT2D eigenvalue weighted by Crippen LogP contribution is -2.24. The molecule has 0 atom stereocenters. The molecule has 3 nitrogen and oxygen atoms in total. The van der Waals surface area contributed by atoms with E-state index in [0.717, 1.165) is 0 Å². The zero-order valence-corrected chi connectivity index (χ0v) is 7.55. The lowest BCUT2D eigenvalue weighted by molar-refractivity contribution is -0.132. The van der Waals surface area contributed by atoms with Gasteiger partial charge in [0.05, 0.1) is 12.7 Å². The van der Waals surface area contributed by atoms with E-state index in [1.54, 1.807) is 0 Å². The molecule has 1 aromatic heterocycles. The van der Waals surface area contributed by atoms with Gasteiger partial charge in [0.2, 0.25) is 11.6 Å². The molecule has 0 aliphatic heterocycles. The minimum absolute atomic E-state index is 0.140. The molecule has 14 heavy (non-hydrogen) atoms. The largest absolute Gasteiger partial charge is 0.461 e. The third-order valence-electron chi connectivity index (χ3n) is 1.43. The molecule has 0 fully saturated rings. The molecular formula is C8H5ClF2O3. The molecule has 0 bridgehead atoms. The summed E-state index contributed by atoms with van der Waals surface area (Å²) in [5, 5.41) is -4.00. The SMILES string of the molecule is O=C(CC(=O)C(F)(F)Cl)c1ccco1. The molecule has 0 saturated carbocycles. The van der Waals surface area contributed by atoms with Crippen molar-refractivity contribution in [2.24, 2.45) is 0 Å². The number of halogens is 3. The minimum Gasteiger partial charge on any atom is -0.461 e. The summed E-state index contributed by atoms with van der Waals surface area (Å²) in [6, 6.07) is 2.69. The number of hydrogen-bond donors (Lipinski definition) is 0. The van der Waals surface area contributed by atoms with E-state index in [1.165, 1.54) is 18.4 Å². The number of hydrogen-bond acceptors (Lipinski definition) is 3. The maximum atomic E-state index is 12.2. The first-order valence-corrected chi connectivity index (χ1v) is 3.96. The normalized spacial score (nSPS) is 11.4. The van der Waals surface area contributed by atoms with Crippen molar-refractivity contribution in [2.45, 2.75) is 11.8 Å². The van der Waals surface area contributed by atoms with Crippen LogP contribution in [0, 0.1) is 0 Å². The van der Waals surface area contributed by atoms with Gasteiger partial charge in [-0.3, -0.25) is 9.59 Å². The van der Waals surface area contributed by atoms with Crippen LogP contribution >= 0.6 is 11.6 Å². The maximum absolute atomic E-state index is 12.2. The third-order valence-corrected chi connectivity index (χ3v) is 1.64. The van der Waals surface area contributed by atoms with E-state index >= 15 is 0 Å². The molecule has 0 aliphatic carbocycles. The van der Waals surface area contributed by atoms with Gasteiger partial charge in [0.25, 0.3) is 0 Å². The summed E-state index contributed by atoms with van der Waals surface area (Å²) in [4.78, 5) is 21.7. The molecule has 1 heterocycles.